The molecule has 62 valence electrons. The maximum absolute atomic E-state index is 10.9. The summed E-state index contributed by atoms with van der Waals surface area (Å²) in [5.74, 6) is -0.638. The molecule has 0 saturated carbocycles. The third-order valence-corrected chi connectivity index (χ3v) is 1.39. The fourth-order valence-corrected chi connectivity index (χ4v) is 0.778. The third kappa shape index (κ3) is 1.57. The Morgan fingerprint density at radius 3 is 3.00 bits per heavy atom. The Hall–Kier alpha value is -1.49. The maximum atomic E-state index is 10.9. The number of amides is 1. The summed E-state index contributed by atoms with van der Waals surface area (Å²) in [5, 5.41) is 3.25. The van der Waals surface area contributed by atoms with Crippen LogP contribution in [-0.2, 0) is 0 Å². The van der Waals surface area contributed by atoms with Crippen LogP contribution in [0, 0.1) is 7.05 Å². The number of anilines is 1. The van der Waals surface area contributed by atoms with E-state index in [1.807, 2.05) is 0 Å². The van der Waals surface area contributed by atoms with Crippen molar-refractivity contribution in [3.63, 3.8) is 0 Å². The van der Waals surface area contributed by atoms with E-state index < -0.39 is 5.91 Å². The average Bonchev–Trinajstić information content (AvgIpc) is 2.08. The molecule has 0 fully saturated rings. The van der Waals surface area contributed by atoms with Crippen LogP contribution in [0.15, 0.2) is 6.20 Å². The molecule has 1 amide bonds. The fraction of sp³-hybridized carbons (Fsp3) is 0. The first kappa shape index (κ1) is 8.61. The topological polar surface area (TPSA) is 83.0 Å². The van der Waals surface area contributed by atoms with Crippen LogP contribution in [0.4, 0.5) is 5.95 Å². The zero-order valence-corrected chi connectivity index (χ0v) is 6.75. The molecule has 0 aliphatic rings. The predicted molar refractivity (Wildman–Crippen MR) is 44.5 cm³/mol. The Labute approximate surface area is 74.0 Å². The average molecular weight is 185 g/mol. The molecule has 0 saturated heterocycles. The van der Waals surface area contributed by atoms with Crippen LogP contribution in [0.3, 0.4) is 0 Å². The van der Waals surface area contributed by atoms with Crippen molar-refractivity contribution in [2.75, 3.05) is 5.73 Å². The molecular formula is C6H5ClN4O. The number of halogens is 1. The monoisotopic (exact) mass is 184 g/mol. The second kappa shape index (κ2) is 3.27. The number of rotatable bonds is 1. The van der Waals surface area contributed by atoms with E-state index in [9.17, 15) is 4.79 Å². The van der Waals surface area contributed by atoms with Gasteiger partial charge in [-0.3, -0.25) is 0 Å². The lowest BCUT2D eigenvalue weighted by molar-refractivity contribution is 0.103. The number of nitrogens with zero attached hydrogens (tertiary/aromatic N) is 3. The number of nitrogen functional groups attached to an aromatic ring is 1. The Morgan fingerprint density at radius 2 is 2.42 bits per heavy atom. The summed E-state index contributed by atoms with van der Waals surface area (Å²) in [4.78, 5) is 18.1. The molecule has 0 bridgehead atoms. The largest absolute Gasteiger partial charge is 0.454 e. The highest BCUT2D eigenvalue weighted by atomic mass is 35.5. The van der Waals surface area contributed by atoms with Crippen LogP contribution in [0.1, 0.15) is 10.5 Å². The van der Waals surface area contributed by atoms with E-state index in [2.05, 4.69) is 22.3 Å². The highest BCUT2D eigenvalue weighted by molar-refractivity contribution is 6.34. The van der Waals surface area contributed by atoms with Gasteiger partial charge in [-0.15, -0.1) is 0 Å². The number of hydrogen-bond donors (Lipinski definition) is 1. The summed E-state index contributed by atoms with van der Waals surface area (Å²) < 4.78 is 0. The Balaban J connectivity index is 3.13. The second-order valence-corrected chi connectivity index (χ2v) is 2.30. The van der Waals surface area contributed by atoms with Crippen molar-refractivity contribution in [2.45, 2.75) is 0 Å². The van der Waals surface area contributed by atoms with E-state index in [1.165, 1.54) is 6.20 Å². The van der Waals surface area contributed by atoms with Gasteiger partial charge in [0.25, 0.3) is 0 Å². The van der Waals surface area contributed by atoms with E-state index in [4.69, 9.17) is 17.3 Å². The van der Waals surface area contributed by atoms with Gasteiger partial charge in [0.05, 0.1) is 11.2 Å². The summed E-state index contributed by atoms with van der Waals surface area (Å²) in [7, 11) is 3.05. The van der Waals surface area contributed by atoms with Crippen LogP contribution in [-0.4, -0.2) is 15.9 Å². The van der Waals surface area contributed by atoms with Gasteiger partial charge in [0, 0.05) is 7.05 Å². The normalized spacial score (nSPS) is 9.42. The van der Waals surface area contributed by atoms with Gasteiger partial charge in [0.2, 0.25) is 5.95 Å². The molecule has 0 unspecified atom stereocenters. The Morgan fingerprint density at radius 1 is 1.75 bits per heavy atom. The predicted octanol–water partition coefficient (Wildman–Crippen LogP) is 1.02. The van der Waals surface area contributed by atoms with E-state index in [0.29, 0.717) is 0 Å². The van der Waals surface area contributed by atoms with Crippen LogP contribution >= 0.6 is 11.6 Å². The van der Waals surface area contributed by atoms with Crippen molar-refractivity contribution < 1.29 is 4.79 Å². The van der Waals surface area contributed by atoms with E-state index in [-0.39, 0.29) is 16.7 Å². The smallest absolute Gasteiger partial charge is 0.220 e. The quantitative estimate of drug-likeness (QED) is 0.661. The first-order chi connectivity index (χ1) is 5.65. The standard InChI is InChI=1S/C6H5ClN4O/c1-9-5(12)4-3(7)2-10-6(8)11-4/h2H,1H2,(H2-,8,9,10,11,12). The summed E-state index contributed by atoms with van der Waals surface area (Å²) >= 11 is 5.58. The highest BCUT2D eigenvalue weighted by Crippen LogP contribution is 2.14. The Bertz CT molecular complexity index is 314. The van der Waals surface area contributed by atoms with Gasteiger partial charge in [-0.25, -0.2) is 9.97 Å². The summed E-state index contributed by atoms with van der Waals surface area (Å²) in [6.07, 6.45) is 1.24. The number of carbonyl (C=O) groups excluding carboxylic acids is 1. The van der Waals surface area contributed by atoms with Crippen LogP contribution < -0.4 is 5.73 Å². The van der Waals surface area contributed by atoms with Crippen LogP contribution in [0.5, 0.6) is 0 Å². The van der Waals surface area contributed by atoms with Crippen LogP contribution in [0.25, 0.3) is 5.32 Å². The Kier molecular flexibility index (Phi) is 2.35. The third-order valence-electron chi connectivity index (χ3n) is 1.11. The highest BCUT2D eigenvalue weighted by Gasteiger charge is 2.06. The van der Waals surface area contributed by atoms with Crippen molar-refractivity contribution in [1.29, 1.82) is 0 Å². The molecule has 0 aromatic carbocycles. The van der Waals surface area contributed by atoms with E-state index in [0.717, 1.165) is 0 Å². The van der Waals surface area contributed by atoms with Gasteiger partial charge in [0.15, 0.2) is 0 Å². The molecule has 0 aliphatic heterocycles. The lowest BCUT2D eigenvalue weighted by Gasteiger charge is -2.05. The first-order valence-corrected chi connectivity index (χ1v) is 3.32. The van der Waals surface area contributed by atoms with Gasteiger partial charge in [-0.1, -0.05) is 11.6 Å². The van der Waals surface area contributed by atoms with Crippen LogP contribution in [0.2, 0.25) is 5.02 Å². The van der Waals surface area contributed by atoms with Gasteiger partial charge >= 0.3 is 0 Å². The van der Waals surface area contributed by atoms with Crippen molar-refractivity contribution in [3.8, 4) is 0 Å². The molecule has 1 rings (SSSR count). The molecule has 0 aliphatic carbocycles. The van der Waals surface area contributed by atoms with E-state index >= 15 is 0 Å². The van der Waals surface area contributed by atoms with Crippen molar-refractivity contribution in [2.24, 2.45) is 0 Å². The first-order valence-electron chi connectivity index (χ1n) is 2.94. The lowest BCUT2D eigenvalue weighted by atomic mass is 10.4. The fourth-order valence-electron chi connectivity index (χ4n) is 0.606. The second-order valence-electron chi connectivity index (χ2n) is 1.89. The molecular weight excluding hydrogens is 180 g/mol. The molecule has 0 radical (unpaired) electrons. The van der Waals surface area contributed by atoms with Gasteiger partial charge in [-0.05, 0) is 0 Å². The van der Waals surface area contributed by atoms with Gasteiger partial charge in [0.1, 0.15) is 11.6 Å². The maximum Gasteiger partial charge on any atom is 0.220 e. The molecule has 1 aromatic heterocycles. The summed E-state index contributed by atoms with van der Waals surface area (Å²) in [6.45, 7) is 0. The molecule has 6 heteroatoms. The van der Waals surface area contributed by atoms with Crippen molar-refractivity contribution in [1.82, 2.24) is 9.97 Å². The summed E-state index contributed by atoms with van der Waals surface area (Å²) in [5.41, 5.74) is 5.20. The molecule has 1 heterocycles. The molecule has 1 aromatic rings. The zero-order chi connectivity index (χ0) is 9.14. The van der Waals surface area contributed by atoms with Gasteiger partial charge < -0.3 is 15.8 Å². The minimum atomic E-state index is -0.617. The van der Waals surface area contributed by atoms with Crippen molar-refractivity contribution >= 4 is 23.5 Å². The number of nitrogens with two attached hydrogens (primary N) is 1. The molecule has 0 atom stereocenters. The minimum Gasteiger partial charge on any atom is -0.454 e. The van der Waals surface area contributed by atoms with E-state index in [1.54, 1.807) is 0 Å². The lowest BCUT2D eigenvalue weighted by Crippen LogP contribution is -2.04. The molecule has 0 spiro atoms. The SMILES string of the molecule is [CH2+][N-]C(=O)c1nc(N)ncc1Cl. The number of carbonyl (C=O) groups is 1. The number of aromatic nitrogens is 2. The molecule has 5 nitrogen and oxygen atoms in total. The van der Waals surface area contributed by atoms with Gasteiger partial charge in [-0.2, -0.15) is 0 Å². The molecule has 2 N–H and O–H groups in total. The number of hydrogen-bond acceptors (Lipinski definition) is 4. The van der Waals surface area contributed by atoms with Crippen molar-refractivity contribution in [3.05, 3.63) is 29.3 Å². The molecule has 12 heavy (non-hydrogen) atoms. The summed E-state index contributed by atoms with van der Waals surface area (Å²) in [6, 6.07) is 0. The minimum absolute atomic E-state index is 0.0219. The zero-order valence-electron chi connectivity index (χ0n) is 5.99.